The molecule has 2 saturated heterocycles. The van der Waals surface area contributed by atoms with Gasteiger partial charge in [0.15, 0.2) is 0 Å². The Morgan fingerprint density at radius 2 is 1.89 bits per heavy atom. The molecule has 28 heavy (non-hydrogen) atoms. The summed E-state index contributed by atoms with van der Waals surface area (Å²) in [5, 5.41) is 0. The van der Waals surface area contributed by atoms with Gasteiger partial charge in [0.2, 0.25) is 5.91 Å². The number of carbonyl (C=O) groups is 2. The monoisotopic (exact) mass is 378 g/mol. The Bertz CT molecular complexity index is 868. The molecule has 146 valence electrons. The van der Waals surface area contributed by atoms with Gasteiger partial charge in [0.1, 0.15) is 11.4 Å². The quantitative estimate of drug-likeness (QED) is 0.819. The highest BCUT2D eigenvalue weighted by Gasteiger charge is 2.55. The van der Waals surface area contributed by atoms with Gasteiger partial charge < -0.3 is 14.7 Å². The van der Waals surface area contributed by atoms with Crippen LogP contribution in [0.1, 0.15) is 24.5 Å². The zero-order valence-electron chi connectivity index (χ0n) is 16.5. The summed E-state index contributed by atoms with van der Waals surface area (Å²) in [6.45, 7) is 6.33. The molecule has 1 atom stereocenters. The van der Waals surface area contributed by atoms with E-state index in [1.807, 2.05) is 61.2 Å². The van der Waals surface area contributed by atoms with E-state index in [9.17, 15) is 9.59 Å². The molecule has 3 heterocycles. The lowest BCUT2D eigenvalue weighted by Crippen LogP contribution is -2.68. The molecular formula is C22H26N4O2. The van der Waals surface area contributed by atoms with Gasteiger partial charge in [-0.25, -0.2) is 4.98 Å². The maximum absolute atomic E-state index is 13.4. The summed E-state index contributed by atoms with van der Waals surface area (Å²) in [7, 11) is 0. The van der Waals surface area contributed by atoms with Crippen LogP contribution in [-0.4, -0.2) is 58.3 Å². The molecule has 2 amide bonds. The fourth-order valence-electron chi connectivity index (χ4n) is 4.26. The van der Waals surface area contributed by atoms with Crippen molar-refractivity contribution in [3.05, 3.63) is 59.8 Å². The number of piperazine rings is 1. The number of likely N-dealkylation sites (N-methyl/N-ethyl adjacent to an activating group) is 1. The predicted molar refractivity (Wildman–Crippen MR) is 108 cm³/mol. The van der Waals surface area contributed by atoms with E-state index in [1.54, 1.807) is 11.1 Å². The first-order valence-electron chi connectivity index (χ1n) is 9.85. The second-order valence-corrected chi connectivity index (χ2v) is 7.68. The molecule has 2 aromatic rings. The Labute approximate surface area is 165 Å². The van der Waals surface area contributed by atoms with E-state index in [1.165, 1.54) is 5.56 Å². The van der Waals surface area contributed by atoms with Gasteiger partial charge in [0.05, 0.1) is 13.1 Å². The average molecular weight is 378 g/mol. The lowest BCUT2D eigenvalue weighted by atomic mass is 9.90. The molecule has 0 aliphatic carbocycles. The molecule has 1 unspecified atom stereocenters. The first-order valence-corrected chi connectivity index (χ1v) is 9.85. The Balaban J connectivity index is 1.67. The van der Waals surface area contributed by atoms with Crippen molar-refractivity contribution < 1.29 is 9.59 Å². The van der Waals surface area contributed by atoms with E-state index >= 15 is 0 Å². The Hall–Kier alpha value is -2.89. The van der Waals surface area contributed by atoms with Crippen molar-refractivity contribution in [2.24, 2.45) is 0 Å². The Morgan fingerprint density at radius 1 is 1.11 bits per heavy atom. The van der Waals surface area contributed by atoms with Crippen LogP contribution < -0.4 is 4.90 Å². The zero-order chi connectivity index (χ0) is 19.7. The molecular weight excluding hydrogens is 352 g/mol. The van der Waals surface area contributed by atoms with Crippen molar-refractivity contribution in [2.45, 2.75) is 32.4 Å². The molecule has 0 radical (unpaired) electrons. The van der Waals surface area contributed by atoms with Crippen molar-refractivity contribution in [2.75, 3.05) is 31.1 Å². The van der Waals surface area contributed by atoms with E-state index in [0.717, 1.165) is 11.4 Å². The van der Waals surface area contributed by atoms with E-state index in [0.29, 0.717) is 32.6 Å². The molecule has 1 aromatic heterocycles. The minimum Gasteiger partial charge on any atom is -0.354 e. The number of aryl methyl sites for hydroxylation is 1. The minimum absolute atomic E-state index is 0.0184. The van der Waals surface area contributed by atoms with Crippen molar-refractivity contribution in [3.63, 3.8) is 0 Å². The van der Waals surface area contributed by atoms with Gasteiger partial charge in [-0.05, 0) is 38.0 Å². The van der Waals surface area contributed by atoms with Crippen molar-refractivity contribution in [1.82, 2.24) is 14.8 Å². The number of amides is 2. The van der Waals surface area contributed by atoms with Crippen LogP contribution in [0.25, 0.3) is 0 Å². The first kappa shape index (κ1) is 18.5. The highest BCUT2D eigenvalue weighted by molar-refractivity contribution is 5.99. The second kappa shape index (κ2) is 7.26. The second-order valence-electron chi connectivity index (χ2n) is 7.68. The molecule has 0 saturated carbocycles. The number of carbonyl (C=O) groups excluding carboxylic acids is 2. The number of nitrogens with zero attached hydrogens (tertiary/aromatic N) is 4. The summed E-state index contributed by atoms with van der Waals surface area (Å²) in [5.74, 6) is 0.925. The fourth-order valence-corrected chi connectivity index (χ4v) is 4.26. The van der Waals surface area contributed by atoms with Gasteiger partial charge in [-0.2, -0.15) is 0 Å². The van der Waals surface area contributed by atoms with E-state index in [-0.39, 0.29) is 18.4 Å². The summed E-state index contributed by atoms with van der Waals surface area (Å²) >= 11 is 0. The van der Waals surface area contributed by atoms with Gasteiger partial charge in [0, 0.05) is 25.8 Å². The fraction of sp³-hybridized carbons (Fsp3) is 0.409. The van der Waals surface area contributed by atoms with Crippen LogP contribution in [0.15, 0.2) is 48.7 Å². The number of hydrogen-bond donors (Lipinski definition) is 0. The third-order valence-electron chi connectivity index (χ3n) is 5.89. The van der Waals surface area contributed by atoms with Crippen LogP contribution in [0.5, 0.6) is 0 Å². The standard InChI is InChI=1S/C22H26N4O2/c1-3-24-15-20(27)26(14-18-9-7-17(2)8-10-18)22(21(24)28)11-13-25(16-22)19-6-4-5-12-23-19/h4-10,12H,3,11,13-16H2,1-2H3. The van der Waals surface area contributed by atoms with Crippen molar-refractivity contribution in [3.8, 4) is 0 Å². The summed E-state index contributed by atoms with van der Waals surface area (Å²) in [4.78, 5) is 36.6. The highest BCUT2D eigenvalue weighted by atomic mass is 16.2. The smallest absolute Gasteiger partial charge is 0.250 e. The zero-order valence-corrected chi connectivity index (χ0v) is 16.5. The number of anilines is 1. The summed E-state index contributed by atoms with van der Waals surface area (Å²) in [6, 6.07) is 14.0. The average Bonchev–Trinajstić information content (AvgIpc) is 3.16. The molecule has 2 aliphatic heterocycles. The lowest BCUT2D eigenvalue weighted by Gasteiger charge is -2.47. The number of aromatic nitrogens is 1. The number of benzene rings is 1. The number of hydrogen-bond acceptors (Lipinski definition) is 4. The third kappa shape index (κ3) is 3.13. The molecule has 2 aliphatic rings. The Kier molecular flexibility index (Phi) is 4.79. The number of rotatable bonds is 4. The summed E-state index contributed by atoms with van der Waals surface area (Å²) < 4.78 is 0. The van der Waals surface area contributed by atoms with Crippen LogP contribution in [-0.2, 0) is 16.1 Å². The number of pyridine rings is 1. The molecule has 1 spiro atoms. The maximum Gasteiger partial charge on any atom is 0.250 e. The Morgan fingerprint density at radius 3 is 2.57 bits per heavy atom. The van der Waals surface area contributed by atoms with E-state index in [2.05, 4.69) is 9.88 Å². The van der Waals surface area contributed by atoms with Gasteiger partial charge in [0.25, 0.3) is 5.91 Å². The maximum atomic E-state index is 13.4. The lowest BCUT2D eigenvalue weighted by molar-refractivity contribution is -0.164. The van der Waals surface area contributed by atoms with Gasteiger partial charge in [-0.3, -0.25) is 9.59 Å². The predicted octanol–water partition coefficient (Wildman–Crippen LogP) is 2.23. The minimum atomic E-state index is -0.826. The highest BCUT2D eigenvalue weighted by Crippen LogP contribution is 2.36. The van der Waals surface area contributed by atoms with Crippen LogP contribution in [0.4, 0.5) is 5.82 Å². The van der Waals surface area contributed by atoms with Gasteiger partial charge >= 0.3 is 0 Å². The molecule has 0 bridgehead atoms. The molecule has 1 aromatic carbocycles. The van der Waals surface area contributed by atoms with Crippen molar-refractivity contribution >= 4 is 17.6 Å². The van der Waals surface area contributed by atoms with Gasteiger partial charge in [-0.1, -0.05) is 35.9 Å². The van der Waals surface area contributed by atoms with Gasteiger partial charge in [-0.15, -0.1) is 0 Å². The molecule has 6 heteroatoms. The molecule has 2 fully saturated rings. The van der Waals surface area contributed by atoms with E-state index in [4.69, 9.17) is 0 Å². The van der Waals surface area contributed by atoms with Crippen LogP contribution in [0, 0.1) is 6.92 Å². The largest absolute Gasteiger partial charge is 0.354 e. The molecule has 6 nitrogen and oxygen atoms in total. The van der Waals surface area contributed by atoms with Crippen LogP contribution in [0.2, 0.25) is 0 Å². The molecule has 0 N–H and O–H groups in total. The topological polar surface area (TPSA) is 56.8 Å². The van der Waals surface area contributed by atoms with Crippen LogP contribution >= 0.6 is 0 Å². The van der Waals surface area contributed by atoms with Crippen LogP contribution in [0.3, 0.4) is 0 Å². The molecule has 4 rings (SSSR count). The summed E-state index contributed by atoms with van der Waals surface area (Å²) in [6.07, 6.45) is 2.38. The van der Waals surface area contributed by atoms with E-state index < -0.39 is 5.54 Å². The first-order chi connectivity index (χ1) is 13.5. The third-order valence-corrected chi connectivity index (χ3v) is 5.89. The van der Waals surface area contributed by atoms with Crippen molar-refractivity contribution in [1.29, 1.82) is 0 Å². The SMILES string of the molecule is CCN1CC(=O)N(Cc2ccc(C)cc2)C2(CCN(c3ccccn3)C2)C1=O. The normalized spacial score (nSPS) is 22.4. The summed E-state index contributed by atoms with van der Waals surface area (Å²) in [5.41, 5.74) is 1.40.